The van der Waals surface area contributed by atoms with E-state index in [0.717, 1.165) is 6.07 Å². The van der Waals surface area contributed by atoms with Crippen LogP contribution in [0.25, 0.3) is 22.3 Å². The van der Waals surface area contributed by atoms with Crippen molar-refractivity contribution in [1.29, 1.82) is 0 Å². The van der Waals surface area contributed by atoms with Crippen LogP contribution in [0.1, 0.15) is 5.56 Å². The van der Waals surface area contributed by atoms with E-state index in [-0.39, 0.29) is 21.9 Å². The molecule has 0 aliphatic heterocycles. The van der Waals surface area contributed by atoms with Gasteiger partial charge >= 0.3 is 6.18 Å². The Morgan fingerprint density at radius 1 is 1.05 bits per heavy atom. The normalized spacial score (nSPS) is 11.9. The highest BCUT2D eigenvalue weighted by Crippen LogP contribution is 2.34. The molecule has 2 aromatic heterocycles. The second-order valence-corrected chi connectivity index (χ2v) is 4.96. The van der Waals surface area contributed by atoms with Gasteiger partial charge in [-0.05, 0) is 36.4 Å². The first kappa shape index (κ1) is 14.7. The average molecular weight is 327 g/mol. The molecule has 3 rings (SSSR count). The molecule has 0 fully saturated rings. The Hall–Kier alpha value is -2.21. The molecule has 0 N–H and O–H groups in total. The van der Waals surface area contributed by atoms with Gasteiger partial charge in [0.15, 0.2) is 5.65 Å². The van der Waals surface area contributed by atoms with Crippen molar-refractivity contribution in [3.63, 3.8) is 0 Å². The van der Waals surface area contributed by atoms with Crippen LogP contribution in [-0.2, 0) is 6.18 Å². The Labute approximate surface area is 127 Å². The van der Waals surface area contributed by atoms with Gasteiger partial charge in [-0.25, -0.2) is 14.4 Å². The lowest BCUT2D eigenvalue weighted by Crippen LogP contribution is -2.05. The van der Waals surface area contributed by atoms with E-state index in [1.807, 2.05) is 0 Å². The monoisotopic (exact) mass is 326 g/mol. The van der Waals surface area contributed by atoms with E-state index in [9.17, 15) is 17.6 Å². The van der Waals surface area contributed by atoms with Gasteiger partial charge in [0.1, 0.15) is 5.82 Å². The van der Waals surface area contributed by atoms with Gasteiger partial charge in [-0.2, -0.15) is 13.2 Å². The summed E-state index contributed by atoms with van der Waals surface area (Å²) in [5, 5.41) is 0.783. The van der Waals surface area contributed by atoms with E-state index in [1.165, 1.54) is 12.3 Å². The summed E-state index contributed by atoms with van der Waals surface area (Å²) in [6.45, 7) is 0. The van der Waals surface area contributed by atoms with Crippen molar-refractivity contribution in [3.05, 3.63) is 59.0 Å². The van der Waals surface area contributed by atoms with Gasteiger partial charge in [0.05, 0.1) is 16.3 Å². The molecule has 0 amide bonds. The Kier molecular flexibility index (Phi) is 3.48. The molecule has 0 radical (unpaired) electrons. The van der Waals surface area contributed by atoms with Gasteiger partial charge in [-0.1, -0.05) is 11.6 Å². The lowest BCUT2D eigenvalue weighted by atomic mass is 10.1. The number of alkyl halides is 3. The highest BCUT2D eigenvalue weighted by atomic mass is 35.5. The molecule has 2 nitrogen and oxygen atoms in total. The number of benzene rings is 1. The molecule has 0 atom stereocenters. The van der Waals surface area contributed by atoms with Crippen LogP contribution < -0.4 is 0 Å². The van der Waals surface area contributed by atoms with E-state index >= 15 is 0 Å². The molecule has 0 saturated heterocycles. The Morgan fingerprint density at radius 3 is 2.55 bits per heavy atom. The van der Waals surface area contributed by atoms with E-state index < -0.39 is 17.6 Å². The van der Waals surface area contributed by atoms with Gasteiger partial charge in [-0.3, -0.25) is 0 Å². The maximum Gasteiger partial charge on any atom is 0.416 e. The van der Waals surface area contributed by atoms with Crippen molar-refractivity contribution in [2.45, 2.75) is 6.18 Å². The molecular weight excluding hydrogens is 320 g/mol. The summed E-state index contributed by atoms with van der Waals surface area (Å²) in [7, 11) is 0. The van der Waals surface area contributed by atoms with Crippen LogP contribution in [0.2, 0.25) is 5.02 Å². The number of rotatable bonds is 1. The summed E-state index contributed by atoms with van der Waals surface area (Å²) >= 11 is 6.07. The van der Waals surface area contributed by atoms with Crippen molar-refractivity contribution < 1.29 is 17.6 Å². The van der Waals surface area contributed by atoms with Crippen LogP contribution in [0.15, 0.2) is 42.6 Å². The Morgan fingerprint density at radius 2 is 1.82 bits per heavy atom. The number of hydrogen-bond acceptors (Lipinski definition) is 2. The van der Waals surface area contributed by atoms with Crippen molar-refractivity contribution in [3.8, 4) is 11.3 Å². The Balaban J connectivity index is 2.23. The smallest absolute Gasteiger partial charge is 0.237 e. The lowest BCUT2D eigenvalue weighted by molar-refractivity contribution is -0.137. The fraction of sp³-hybridized carbons (Fsp3) is 0.0667. The second kappa shape index (κ2) is 5.21. The van der Waals surface area contributed by atoms with Crippen LogP contribution in [-0.4, -0.2) is 9.97 Å². The van der Waals surface area contributed by atoms with Crippen molar-refractivity contribution in [2.75, 3.05) is 0 Å². The molecule has 0 unspecified atom stereocenters. The minimum absolute atomic E-state index is 0.000185. The number of nitrogens with zero attached hydrogens (tertiary/aromatic N) is 2. The van der Waals surface area contributed by atoms with Crippen LogP contribution in [0.4, 0.5) is 17.6 Å². The number of halogens is 5. The van der Waals surface area contributed by atoms with Crippen LogP contribution in [0, 0.1) is 5.82 Å². The first-order valence-electron chi connectivity index (χ1n) is 6.14. The standard InChI is InChI=1S/C15H7ClF4N2/c16-11-7-13(22-14-9(11)2-1-5-21-14)10-6-8(15(18,19)20)3-4-12(10)17/h1-7H. The number of aromatic nitrogens is 2. The lowest BCUT2D eigenvalue weighted by Gasteiger charge is -2.10. The van der Waals surface area contributed by atoms with Gasteiger partial charge in [0, 0.05) is 17.1 Å². The fourth-order valence-electron chi connectivity index (χ4n) is 2.05. The maximum atomic E-state index is 13.9. The van der Waals surface area contributed by atoms with Gasteiger partial charge in [0.2, 0.25) is 0 Å². The third-order valence-electron chi connectivity index (χ3n) is 3.10. The molecule has 7 heteroatoms. The number of pyridine rings is 2. The summed E-state index contributed by atoms with van der Waals surface area (Å²) in [5.41, 5.74) is -0.992. The summed E-state index contributed by atoms with van der Waals surface area (Å²) in [6, 6.07) is 6.80. The fourth-order valence-corrected chi connectivity index (χ4v) is 2.30. The first-order valence-corrected chi connectivity index (χ1v) is 6.52. The largest absolute Gasteiger partial charge is 0.416 e. The summed E-state index contributed by atoms with van der Waals surface area (Å²) in [5.74, 6) is -0.813. The van der Waals surface area contributed by atoms with E-state index in [4.69, 9.17) is 11.6 Å². The minimum Gasteiger partial charge on any atom is -0.237 e. The minimum atomic E-state index is -4.57. The molecule has 1 aromatic carbocycles. The predicted molar refractivity (Wildman–Crippen MR) is 74.9 cm³/mol. The predicted octanol–water partition coefficient (Wildman–Crippen LogP) is 5.11. The van der Waals surface area contributed by atoms with Crippen LogP contribution >= 0.6 is 11.6 Å². The molecule has 0 aliphatic rings. The molecule has 3 aromatic rings. The van der Waals surface area contributed by atoms with E-state index in [0.29, 0.717) is 17.5 Å². The third-order valence-corrected chi connectivity index (χ3v) is 3.42. The van der Waals surface area contributed by atoms with Crippen molar-refractivity contribution in [1.82, 2.24) is 9.97 Å². The molecule has 0 spiro atoms. The zero-order valence-electron chi connectivity index (χ0n) is 10.8. The second-order valence-electron chi connectivity index (χ2n) is 4.56. The summed E-state index contributed by atoms with van der Waals surface area (Å²) in [4.78, 5) is 8.08. The molecular formula is C15H7ClF4N2. The van der Waals surface area contributed by atoms with Gasteiger partial charge in [-0.15, -0.1) is 0 Å². The molecule has 0 saturated carbocycles. The molecule has 2 heterocycles. The van der Waals surface area contributed by atoms with Crippen molar-refractivity contribution >= 4 is 22.6 Å². The molecule has 22 heavy (non-hydrogen) atoms. The quantitative estimate of drug-likeness (QED) is 0.581. The van der Waals surface area contributed by atoms with Crippen LogP contribution in [0.5, 0.6) is 0 Å². The molecule has 0 aliphatic carbocycles. The number of hydrogen-bond donors (Lipinski definition) is 0. The van der Waals surface area contributed by atoms with Gasteiger partial charge < -0.3 is 0 Å². The first-order chi connectivity index (χ1) is 10.4. The zero-order valence-corrected chi connectivity index (χ0v) is 11.6. The van der Waals surface area contributed by atoms with Gasteiger partial charge in [0.25, 0.3) is 0 Å². The highest BCUT2D eigenvalue weighted by Gasteiger charge is 2.31. The maximum absolute atomic E-state index is 13.9. The highest BCUT2D eigenvalue weighted by molar-refractivity contribution is 6.35. The molecule has 0 bridgehead atoms. The third kappa shape index (κ3) is 2.62. The molecule has 112 valence electrons. The summed E-state index contributed by atoms with van der Waals surface area (Å²) < 4.78 is 52.2. The zero-order chi connectivity index (χ0) is 15.9. The number of fused-ring (bicyclic) bond motifs is 1. The van der Waals surface area contributed by atoms with Crippen molar-refractivity contribution in [2.24, 2.45) is 0 Å². The average Bonchev–Trinajstić information content (AvgIpc) is 2.46. The van der Waals surface area contributed by atoms with E-state index in [2.05, 4.69) is 9.97 Å². The summed E-state index contributed by atoms with van der Waals surface area (Å²) in [6.07, 6.45) is -3.10. The SMILES string of the molecule is Fc1ccc(C(F)(F)F)cc1-c1cc(Cl)c2cccnc2n1. The topological polar surface area (TPSA) is 25.8 Å². The van der Waals surface area contributed by atoms with E-state index in [1.54, 1.807) is 12.1 Å². The van der Waals surface area contributed by atoms with Crippen LogP contribution in [0.3, 0.4) is 0 Å². The Bertz CT molecular complexity index is 862.